The van der Waals surface area contributed by atoms with Gasteiger partial charge in [-0.1, -0.05) is 0 Å². The number of aliphatic hydroxyl groups is 1. The second-order valence-corrected chi connectivity index (χ2v) is 12.2. The number of nitrogens with two attached hydrogens (primary N) is 1. The number of nitrogens with zero attached hydrogens (tertiary/aromatic N) is 3. The van der Waals surface area contributed by atoms with Crippen molar-refractivity contribution in [2.75, 3.05) is 33.1 Å². The summed E-state index contributed by atoms with van der Waals surface area (Å²) in [7, 11) is 8.68. The number of Topliss-reactive ketones (excluding diaryl/α,β-unsaturated/α-hetero) is 4. The summed E-state index contributed by atoms with van der Waals surface area (Å²) < 4.78 is 1.96. The summed E-state index contributed by atoms with van der Waals surface area (Å²) in [6, 6.07) is 4.57. The lowest BCUT2D eigenvalue weighted by atomic mass is 9.52. The lowest BCUT2D eigenvalue weighted by Crippen LogP contribution is -2.74. The average molecular weight is 580 g/mol. The molecule has 0 saturated heterocycles. The lowest BCUT2D eigenvalue weighted by Gasteiger charge is -2.52. The average Bonchev–Trinajstić information content (AvgIpc) is 3.31. The standard InChI is InChI=1S/C30H37N5O7/c1-33(2)19-11-15(12-32-13-16-7-6-8-35(16)5)24(36)21-17(19)9-14-10-18-23(34(3)4)26(38)22(29(31)41)28(40)30(18,42)27(39)20(14)25(21)37/h6-8,11,14,18,20,22-23,32,36,42H,9-10,12-13H2,1-5H3,(H2,31,41)/t14-,18-,20?,22?,23-,30-/m1/s1. The number of phenolic OH excluding ortho intramolecular Hbond substituents is 1. The predicted molar refractivity (Wildman–Crippen MR) is 152 cm³/mol. The fourth-order valence-corrected chi connectivity index (χ4v) is 7.25. The van der Waals surface area contributed by atoms with Crippen LogP contribution in [-0.2, 0) is 45.7 Å². The highest BCUT2D eigenvalue weighted by molar-refractivity contribution is 6.32. The van der Waals surface area contributed by atoms with E-state index in [2.05, 4.69) is 5.32 Å². The number of aryl methyl sites for hydroxylation is 1. The van der Waals surface area contributed by atoms with Crippen LogP contribution in [0.5, 0.6) is 5.75 Å². The van der Waals surface area contributed by atoms with Crippen molar-refractivity contribution < 1.29 is 34.2 Å². The molecular formula is C30H37N5O7. The van der Waals surface area contributed by atoms with Crippen LogP contribution < -0.4 is 16.0 Å². The van der Waals surface area contributed by atoms with E-state index < -0.39 is 64.4 Å². The van der Waals surface area contributed by atoms with Crippen LogP contribution in [0.1, 0.15) is 33.6 Å². The van der Waals surface area contributed by atoms with Crippen molar-refractivity contribution in [2.24, 2.45) is 36.5 Å². The Balaban J connectivity index is 1.56. The third-order valence-corrected chi connectivity index (χ3v) is 9.27. The van der Waals surface area contributed by atoms with Gasteiger partial charge in [0.05, 0.1) is 17.5 Å². The molecule has 2 saturated carbocycles. The summed E-state index contributed by atoms with van der Waals surface area (Å²) in [5, 5.41) is 26.4. The number of primary amides is 1. The SMILES string of the molecule is CN(C)c1cc(CNCc2cccn2C)c(O)c2c1C[C@@H]1C[C@@H]3[C@@H](N(C)C)C(=O)C(C(N)=O)C(=O)[C@]3(O)C(=O)C1C2=O. The van der Waals surface area contributed by atoms with Crippen LogP contribution in [0.4, 0.5) is 5.69 Å². The molecule has 1 aromatic carbocycles. The van der Waals surface area contributed by atoms with Gasteiger partial charge in [0.2, 0.25) is 5.91 Å². The number of likely N-dealkylation sites (N-methyl/N-ethyl adjacent to an activating group) is 1. The monoisotopic (exact) mass is 579 g/mol. The van der Waals surface area contributed by atoms with E-state index in [1.54, 1.807) is 14.1 Å². The molecule has 0 spiro atoms. The Labute approximate surface area is 243 Å². The highest BCUT2D eigenvalue weighted by Gasteiger charge is 2.69. The van der Waals surface area contributed by atoms with E-state index in [4.69, 9.17) is 5.73 Å². The third-order valence-electron chi connectivity index (χ3n) is 9.27. The number of carbonyl (C=O) groups is 5. The second kappa shape index (κ2) is 10.4. The van der Waals surface area contributed by atoms with Gasteiger partial charge in [0, 0.05) is 63.3 Å². The number of aromatic nitrogens is 1. The second-order valence-electron chi connectivity index (χ2n) is 12.2. The zero-order valence-corrected chi connectivity index (χ0v) is 24.4. The van der Waals surface area contributed by atoms with Gasteiger partial charge in [-0.2, -0.15) is 0 Å². The number of anilines is 1. The molecule has 12 heteroatoms. The van der Waals surface area contributed by atoms with Gasteiger partial charge in [-0.3, -0.25) is 28.9 Å². The Hall–Kier alpha value is -3.87. The first kappa shape index (κ1) is 29.6. The van der Waals surface area contributed by atoms with E-state index in [-0.39, 0.29) is 30.7 Å². The number of benzene rings is 1. The number of fused-ring (bicyclic) bond motifs is 3. The molecule has 2 aromatic rings. The van der Waals surface area contributed by atoms with Crippen LogP contribution in [-0.4, -0.2) is 88.6 Å². The molecule has 224 valence electrons. The highest BCUT2D eigenvalue weighted by atomic mass is 16.3. The Kier molecular flexibility index (Phi) is 7.36. The van der Waals surface area contributed by atoms with Crippen LogP contribution in [0.15, 0.2) is 24.4 Å². The van der Waals surface area contributed by atoms with E-state index in [1.165, 1.54) is 4.90 Å². The lowest BCUT2D eigenvalue weighted by molar-refractivity contribution is -0.181. The van der Waals surface area contributed by atoms with Crippen LogP contribution in [0, 0.1) is 23.7 Å². The number of ketones is 4. The van der Waals surface area contributed by atoms with Crippen LogP contribution >= 0.6 is 0 Å². The maximum absolute atomic E-state index is 14.1. The molecule has 3 aliphatic rings. The highest BCUT2D eigenvalue weighted by Crippen LogP contribution is 2.52. The summed E-state index contributed by atoms with van der Waals surface area (Å²) in [6.07, 6.45) is 2.15. The topological polar surface area (TPSA) is 175 Å². The molecule has 1 amide bonds. The summed E-state index contributed by atoms with van der Waals surface area (Å²) in [5.41, 5.74) is 5.38. The molecule has 1 heterocycles. The number of nitrogens with one attached hydrogen (secondary N) is 1. The number of carbonyl (C=O) groups excluding carboxylic acids is 5. The van der Waals surface area contributed by atoms with Gasteiger partial charge in [-0.05, 0) is 56.6 Å². The minimum atomic E-state index is -2.74. The molecule has 5 rings (SSSR count). The Morgan fingerprint density at radius 1 is 1.14 bits per heavy atom. The number of amides is 1. The zero-order chi connectivity index (χ0) is 30.8. The van der Waals surface area contributed by atoms with Crippen LogP contribution in [0.25, 0.3) is 0 Å². The molecule has 2 unspecified atom stereocenters. The summed E-state index contributed by atoms with van der Waals surface area (Å²) in [4.78, 5) is 70.4. The van der Waals surface area contributed by atoms with Gasteiger partial charge in [0.25, 0.3) is 0 Å². The fourth-order valence-electron chi connectivity index (χ4n) is 7.25. The minimum Gasteiger partial charge on any atom is -0.507 e. The molecule has 2 fully saturated rings. The van der Waals surface area contributed by atoms with Crippen molar-refractivity contribution in [3.63, 3.8) is 0 Å². The summed E-state index contributed by atoms with van der Waals surface area (Å²) in [6.45, 7) is 0.746. The van der Waals surface area contributed by atoms with Crippen molar-refractivity contribution in [3.8, 4) is 5.75 Å². The maximum atomic E-state index is 14.1. The number of hydrogen-bond acceptors (Lipinski definition) is 10. The Bertz CT molecular complexity index is 1510. The number of rotatable bonds is 7. The molecule has 5 N–H and O–H groups in total. The van der Waals surface area contributed by atoms with Crippen molar-refractivity contribution in [1.29, 1.82) is 0 Å². The molecule has 12 nitrogen and oxygen atoms in total. The first-order valence-corrected chi connectivity index (χ1v) is 13.9. The van der Waals surface area contributed by atoms with Gasteiger partial charge >= 0.3 is 0 Å². The molecule has 0 bridgehead atoms. The first-order chi connectivity index (χ1) is 19.7. The number of hydrogen-bond donors (Lipinski definition) is 4. The smallest absolute Gasteiger partial charge is 0.235 e. The molecule has 0 aliphatic heterocycles. The van der Waals surface area contributed by atoms with Crippen molar-refractivity contribution >= 4 is 34.7 Å². The molecule has 1 aromatic heterocycles. The summed E-state index contributed by atoms with van der Waals surface area (Å²) in [5.74, 6) is -10.5. The van der Waals surface area contributed by atoms with Gasteiger partial charge in [-0.25, -0.2) is 0 Å². The van der Waals surface area contributed by atoms with E-state index in [0.29, 0.717) is 23.4 Å². The molecular weight excluding hydrogens is 542 g/mol. The largest absolute Gasteiger partial charge is 0.507 e. The molecule has 3 aliphatic carbocycles. The minimum absolute atomic E-state index is 0.0107. The van der Waals surface area contributed by atoms with Crippen molar-refractivity contribution in [1.82, 2.24) is 14.8 Å². The zero-order valence-electron chi connectivity index (χ0n) is 24.4. The van der Waals surface area contributed by atoms with Gasteiger partial charge < -0.3 is 30.7 Å². The van der Waals surface area contributed by atoms with Gasteiger partial charge in [-0.15, -0.1) is 0 Å². The van der Waals surface area contributed by atoms with E-state index in [0.717, 1.165) is 5.69 Å². The third kappa shape index (κ3) is 4.27. The van der Waals surface area contributed by atoms with Crippen LogP contribution in [0.2, 0.25) is 0 Å². The van der Waals surface area contributed by atoms with E-state index in [9.17, 15) is 34.2 Å². The Morgan fingerprint density at radius 2 is 1.83 bits per heavy atom. The fraction of sp³-hybridized carbons (Fsp3) is 0.500. The molecule has 42 heavy (non-hydrogen) atoms. The maximum Gasteiger partial charge on any atom is 0.235 e. The quantitative estimate of drug-likeness (QED) is 0.315. The van der Waals surface area contributed by atoms with Gasteiger partial charge in [0.1, 0.15) is 5.75 Å². The first-order valence-electron chi connectivity index (χ1n) is 13.9. The van der Waals surface area contributed by atoms with Crippen LogP contribution in [0.3, 0.4) is 0 Å². The molecule has 0 radical (unpaired) electrons. The number of aromatic hydroxyl groups is 1. The van der Waals surface area contributed by atoms with E-state index in [1.807, 2.05) is 55.0 Å². The summed E-state index contributed by atoms with van der Waals surface area (Å²) >= 11 is 0. The normalized spacial score (nSPS) is 28.9. The van der Waals surface area contributed by atoms with Gasteiger partial charge in [0.15, 0.2) is 34.7 Å². The number of phenols is 1. The van der Waals surface area contributed by atoms with Crippen molar-refractivity contribution in [2.45, 2.75) is 37.6 Å². The van der Waals surface area contributed by atoms with E-state index >= 15 is 0 Å². The van der Waals surface area contributed by atoms with Crippen molar-refractivity contribution in [3.05, 3.63) is 46.8 Å². The Morgan fingerprint density at radius 3 is 2.40 bits per heavy atom. The molecule has 6 atom stereocenters. The predicted octanol–water partition coefficient (Wildman–Crippen LogP) is -0.439.